The molecule has 3 nitrogen and oxygen atoms in total. The fraction of sp³-hybridized carbons (Fsp3) is 0.500. The highest BCUT2D eigenvalue weighted by Gasteiger charge is 2.39. The van der Waals surface area contributed by atoms with Gasteiger partial charge in [-0.3, -0.25) is 4.79 Å². The van der Waals surface area contributed by atoms with Crippen LogP contribution in [-0.2, 0) is 11.0 Å². The molecule has 0 radical (unpaired) electrons. The van der Waals surface area contributed by atoms with Gasteiger partial charge in [-0.05, 0) is 18.6 Å². The molecule has 0 bridgehead atoms. The quantitative estimate of drug-likeness (QED) is 0.926. The molecule has 1 aliphatic heterocycles. The van der Waals surface area contributed by atoms with Gasteiger partial charge in [-0.2, -0.15) is 13.2 Å². The highest BCUT2D eigenvalue weighted by atomic mass is 19.4. The number of para-hydroxylation sites is 1. The summed E-state index contributed by atoms with van der Waals surface area (Å²) in [6.45, 7) is 4.11. The minimum atomic E-state index is -4.46. The number of nitrogens with one attached hydrogen (secondary N) is 1. The van der Waals surface area contributed by atoms with Crippen LogP contribution in [0.15, 0.2) is 24.3 Å². The number of rotatable bonds is 3. The van der Waals surface area contributed by atoms with E-state index in [4.69, 9.17) is 0 Å². The Morgan fingerprint density at radius 2 is 1.95 bits per heavy atom. The summed E-state index contributed by atoms with van der Waals surface area (Å²) in [5, 5.41) is 3.08. The van der Waals surface area contributed by atoms with Crippen molar-refractivity contribution in [2.75, 3.05) is 11.4 Å². The summed E-state index contributed by atoms with van der Waals surface area (Å²) in [7, 11) is 0. The van der Waals surface area contributed by atoms with Gasteiger partial charge in [0.2, 0.25) is 5.91 Å². The third-order valence-corrected chi connectivity index (χ3v) is 3.24. The standard InChI is InChI=1S/C14H17F3N2O/c1-9(2)18-11-7-8-19(13(11)20)12-6-4-3-5-10(12)14(15,16)17/h3-6,9,11,18H,7-8H2,1-2H3. The molecule has 1 aliphatic rings. The van der Waals surface area contributed by atoms with E-state index >= 15 is 0 Å². The van der Waals surface area contributed by atoms with E-state index in [0.29, 0.717) is 13.0 Å². The second kappa shape index (κ2) is 5.44. The molecular formula is C14H17F3N2O. The minimum absolute atomic E-state index is 0.0574. The molecule has 110 valence electrons. The number of hydrogen-bond donors (Lipinski definition) is 1. The Hall–Kier alpha value is -1.56. The monoisotopic (exact) mass is 286 g/mol. The summed E-state index contributed by atoms with van der Waals surface area (Å²) in [6.07, 6.45) is -3.94. The summed E-state index contributed by atoms with van der Waals surface area (Å²) >= 11 is 0. The van der Waals surface area contributed by atoms with Crippen LogP contribution in [0.5, 0.6) is 0 Å². The third kappa shape index (κ3) is 2.95. The average molecular weight is 286 g/mol. The van der Waals surface area contributed by atoms with Crippen LogP contribution >= 0.6 is 0 Å². The van der Waals surface area contributed by atoms with Crippen LogP contribution in [-0.4, -0.2) is 24.5 Å². The molecule has 0 aliphatic carbocycles. The van der Waals surface area contributed by atoms with Gasteiger partial charge in [0.05, 0.1) is 17.3 Å². The number of benzene rings is 1. The molecule has 1 saturated heterocycles. The second-order valence-electron chi connectivity index (χ2n) is 5.17. The lowest BCUT2D eigenvalue weighted by molar-refractivity contribution is -0.137. The normalized spacial score (nSPS) is 20.0. The Bertz CT molecular complexity index is 499. The molecular weight excluding hydrogens is 269 g/mol. The van der Waals surface area contributed by atoms with Crippen molar-refractivity contribution in [1.29, 1.82) is 0 Å². The number of anilines is 1. The Balaban J connectivity index is 2.28. The molecule has 20 heavy (non-hydrogen) atoms. The summed E-state index contributed by atoms with van der Waals surface area (Å²) in [6, 6.07) is 4.90. The van der Waals surface area contributed by atoms with E-state index in [1.807, 2.05) is 13.8 Å². The number of hydrogen-bond acceptors (Lipinski definition) is 2. The first-order chi connectivity index (χ1) is 9.30. The zero-order chi connectivity index (χ0) is 14.9. The molecule has 1 unspecified atom stereocenters. The number of carbonyl (C=O) groups is 1. The van der Waals surface area contributed by atoms with E-state index in [0.717, 1.165) is 6.07 Å². The summed E-state index contributed by atoms with van der Waals surface area (Å²) in [5.74, 6) is -0.296. The van der Waals surface area contributed by atoms with Crippen molar-refractivity contribution in [2.24, 2.45) is 0 Å². The van der Waals surface area contributed by atoms with E-state index in [2.05, 4.69) is 5.32 Å². The lowest BCUT2D eigenvalue weighted by Crippen LogP contribution is -2.41. The lowest BCUT2D eigenvalue weighted by Gasteiger charge is -2.22. The zero-order valence-corrected chi connectivity index (χ0v) is 11.4. The largest absolute Gasteiger partial charge is 0.418 e. The van der Waals surface area contributed by atoms with Crippen molar-refractivity contribution in [3.63, 3.8) is 0 Å². The maximum Gasteiger partial charge on any atom is 0.418 e. The van der Waals surface area contributed by atoms with E-state index in [1.165, 1.54) is 23.1 Å². The van der Waals surface area contributed by atoms with Crippen LogP contribution in [0.3, 0.4) is 0 Å². The third-order valence-electron chi connectivity index (χ3n) is 3.24. The molecule has 2 rings (SSSR count). The number of halogens is 3. The number of carbonyl (C=O) groups excluding carboxylic acids is 1. The van der Waals surface area contributed by atoms with E-state index in [-0.39, 0.29) is 17.6 Å². The molecule has 1 atom stereocenters. The van der Waals surface area contributed by atoms with Crippen molar-refractivity contribution < 1.29 is 18.0 Å². The smallest absolute Gasteiger partial charge is 0.310 e. The molecule has 1 aromatic carbocycles. The fourth-order valence-electron chi connectivity index (χ4n) is 2.42. The van der Waals surface area contributed by atoms with Gasteiger partial charge >= 0.3 is 6.18 Å². The molecule has 0 spiro atoms. The van der Waals surface area contributed by atoms with Crippen LogP contribution in [0.4, 0.5) is 18.9 Å². The van der Waals surface area contributed by atoms with Gasteiger partial charge in [0, 0.05) is 12.6 Å². The number of amides is 1. The molecule has 1 heterocycles. The van der Waals surface area contributed by atoms with Crippen molar-refractivity contribution in [1.82, 2.24) is 5.32 Å². The van der Waals surface area contributed by atoms with Gasteiger partial charge in [0.1, 0.15) is 0 Å². The minimum Gasteiger partial charge on any atom is -0.310 e. The average Bonchev–Trinajstić information content (AvgIpc) is 2.69. The Morgan fingerprint density at radius 3 is 2.55 bits per heavy atom. The molecule has 0 saturated carbocycles. The first-order valence-electron chi connectivity index (χ1n) is 6.54. The fourth-order valence-corrected chi connectivity index (χ4v) is 2.42. The van der Waals surface area contributed by atoms with Gasteiger partial charge in [-0.15, -0.1) is 0 Å². The van der Waals surface area contributed by atoms with Crippen LogP contribution in [0.25, 0.3) is 0 Å². The van der Waals surface area contributed by atoms with Crippen LogP contribution in [0.2, 0.25) is 0 Å². The van der Waals surface area contributed by atoms with Crippen molar-refractivity contribution in [2.45, 2.75) is 38.5 Å². The molecule has 1 aromatic rings. The Labute approximate surface area is 115 Å². The maximum absolute atomic E-state index is 13.0. The molecule has 1 fully saturated rings. The molecule has 1 N–H and O–H groups in total. The van der Waals surface area contributed by atoms with Gasteiger partial charge in [-0.25, -0.2) is 0 Å². The molecule has 6 heteroatoms. The highest BCUT2D eigenvalue weighted by Crippen LogP contribution is 2.37. The van der Waals surface area contributed by atoms with E-state index in [1.54, 1.807) is 0 Å². The van der Waals surface area contributed by atoms with Crippen molar-refractivity contribution in [3.8, 4) is 0 Å². The SMILES string of the molecule is CC(C)NC1CCN(c2ccccc2C(F)(F)F)C1=O. The number of alkyl halides is 3. The second-order valence-corrected chi connectivity index (χ2v) is 5.17. The summed E-state index contributed by atoms with van der Waals surface area (Å²) in [5.41, 5.74) is -0.823. The van der Waals surface area contributed by atoms with E-state index in [9.17, 15) is 18.0 Å². The molecule has 0 aromatic heterocycles. The maximum atomic E-state index is 13.0. The Kier molecular flexibility index (Phi) is 4.04. The predicted molar refractivity (Wildman–Crippen MR) is 70.5 cm³/mol. The summed E-state index contributed by atoms with van der Waals surface area (Å²) < 4.78 is 38.9. The topological polar surface area (TPSA) is 32.3 Å². The van der Waals surface area contributed by atoms with Crippen LogP contribution in [0, 0.1) is 0 Å². The highest BCUT2D eigenvalue weighted by molar-refractivity contribution is 6.00. The summed E-state index contributed by atoms with van der Waals surface area (Å²) in [4.78, 5) is 13.4. The van der Waals surface area contributed by atoms with Crippen LogP contribution in [0.1, 0.15) is 25.8 Å². The van der Waals surface area contributed by atoms with Crippen molar-refractivity contribution in [3.05, 3.63) is 29.8 Å². The van der Waals surface area contributed by atoms with Gasteiger partial charge in [-0.1, -0.05) is 26.0 Å². The first kappa shape index (κ1) is 14.8. The number of nitrogens with zero attached hydrogens (tertiary/aromatic N) is 1. The zero-order valence-electron chi connectivity index (χ0n) is 11.4. The van der Waals surface area contributed by atoms with Gasteiger partial charge < -0.3 is 10.2 Å². The van der Waals surface area contributed by atoms with Gasteiger partial charge in [0.25, 0.3) is 0 Å². The first-order valence-corrected chi connectivity index (χ1v) is 6.54. The predicted octanol–water partition coefficient (Wildman–Crippen LogP) is 2.81. The van der Waals surface area contributed by atoms with Crippen LogP contribution < -0.4 is 10.2 Å². The van der Waals surface area contributed by atoms with Gasteiger partial charge in [0.15, 0.2) is 0 Å². The van der Waals surface area contributed by atoms with E-state index < -0.39 is 17.8 Å². The van der Waals surface area contributed by atoms with Crippen molar-refractivity contribution >= 4 is 11.6 Å². The molecule has 1 amide bonds. The Morgan fingerprint density at radius 1 is 1.30 bits per heavy atom. The lowest BCUT2D eigenvalue weighted by atomic mass is 10.1.